The normalized spacial score (nSPS) is 15.7. The van der Waals surface area contributed by atoms with E-state index in [0.717, 1.165) is 22.6 Å². The van der Waals surface area contributed by atoms with Crippen LogP contribution in [0.4, 0.5) is 0 Å². The van der Waals surface area contributed by atoms with Gasteiger partial charge in [-0.1, -0.05) is 37.6 Å². The number of para-hydroxylation sites is 1. The van der Waals surface area contributed by atoms with Crippen molar-refractivity contribution in [2.45, 2.75) is 34.6 Å². The molecule has 158 valence electrons. The number of aryl methyl sites for hydroxylation is 1. The predicted molar refractivity (Wildman–Crippen MR) is 119 cm³/mol. The smallest absolute Gasteiger partial charge is 0.340 e. The van der Waals surface area contributed by atoms with Crippen molar-refractivity contribution in [3.05, 3.63) is 69.1 Å². The third-order valence-corrected chi connectivity index (χ3v) is 5.63. The zero-order chi connectivity index (χ0) is 22.2. The number of ether oxygens (including phenoxy) is 1. The molecule has 0 N–H and O–H groups in total. The van der Waals surface area contributed by atoms with Crippen LogP contribution in [0.2, 0.25) is 5.02 Å². The summed E-state index contributed by atoms with van der Waals surface area (Å²) in [6.45, 7) is 10.4. The molecule has 2 heterocycles. The molecule has 2 aromatic rings. The van der Waals surface area contributed by atoms with Crippen molar-refractivity contribution in [1.82, 2.24) is 9.47 Å². The van der Waals surface area contributed by atoms with Crippen molar-refractivity contribution in [2.75, 3.05) is 13.7 Å². The number of halogens is 1. The Balaban J connectivity index is 2.14. The van der Waals surface area contributed by atoms with Crippen LogP contribution in [0.3, 0.4) is 0 Å². The number of nitrogens with zero attached hydrogens (tertiary/aromatic N) is 2. The maximum Gasteiger partial charge on any atom is 0.340 e. The van der Waals surface area contributed by atoms with Gasteiger partial charge in [0.2, 0.25) is 0 Å². The van der Waals surface area contributed by atoms with E-state index in [1.807, 2.05) is 58.0 Å². The second kappa shape index (κ2) is 8.52. The molecule has 0 aliphatic carbocycles. The van der Waals surface area contributed by atoms with E-state index in [1.54, 1.807) is 17.9 Å². The molecule has 0 unspecified atom stereocenters. The second-order valence-electron chi connectivity index (χ2n) is 7.93. The van der Waals surface area contributed by atoms with Crippen LogP contribution in [-0.4, -0.2) is 35.0 Å². The molecule has 0 saturated carbocycles. The highest BCUT2D eigenvalue weighted by Crippen LogP contribution is 2.34. The van der Waals surface area contributed by atoms with Gasteiger partial charge in [-0.2, -0.15) is 0 Å². The van der Waals surface area contributed by atoms with Crippen molar-refractivity contribution in [3.63, 3.8) is 0 Å². The summed E-state index contributed by atoms with van der Waals surface area (Å²) in [4.78, 5) is 27.4. The molecule has 1 amide bonds. The highest BCUT2D eigenvalue weighted by molar-refractivity contribution is 6.32. The number of esters is 1. The molecule has 0 atom stereocenters. The third kappa shape index (κ3) is 3.82. The number of methoxy groups -OCH3 is 1. The average Bonchev–Trinajstić information content (AvgIpc) is 3.09. The summed E-state index contributed by atoms with van der Waals surface area (Å²) in [6.07, 6.45) is 1.79. The molecular formula is C24H27ClN2O3. The van der Waals surface area contributed by atoms with Gasteiger partial charge in [-0.25, -0.2) is 4.79 Å². The van der Waals surface area contributed by atoms with E-state index in [9.17, 15) is 9.59 Å². The maximum atomic E-state index is 13.2. The van der Waals surface area contributed by atoms with Crippen molar-refractivity contribution in [3.8, 4) is 5.69 Å². The van der Waals surface area contributed by atoms with Gasteiger partial charge in [-0.05, 0) is 56.5 Å². The molecule has 0 fully saturated rings. The standard InChI is InChI=1S/C24H27ClN2O3/c1-14(2)13-26-17(5)22(24(29)30-6)19(23(26)28)12-18-11-15(3)27(16(18)4)21-10-8-7-9-20(21)25/h7-12,14H,13H2,1-6H3/b19-12+. The van der Waals surface area contributed by atoms with Crippen LogP contribution in [-0.2, 0) is 14.3 Å². The summed E-state index contributed by atoms with van der Waals surface area (Å²) < 4.78 is 7.03. The topological polar surface area (TPSA) is 51.5 Å². The lowest BCUT2D eigenvalue weighted by Gasteiger charge is -2.19. The van der Waals surface area contributed by atoms with Crippen molar-refractivity contribution >= 4 is 29.6 Å². The van der Waals surface area contributed by atoms with Crippen LogP contribution in [0.15, 0.2) is 47.2 Å². The van der Waals surface area contributed by atoms with Gasteiger partial charge in [0, 0.05) is 23.6 Å². The lowest BCUT2D eigenvalue weighted by molar-refractivity contribution is -0.136. The molecule has 0 saturated heterocycles. The Morgan fingerprint density at radius 3 is 2.47 bits per heavy atom. The minimum absolute atomic E-state index is 0.177. The third-order valence-electron chi connectivity index (χ3n) is 5.31. The van der Waals surface area contributed by atoms with E-state index in [4.69, 9.17) is 16.3 Å². The first-order chi connectivity index (χ1) is 14.2. The maximum absolute atomic E-state index is 13.2. The van der Waals surface area contributed by atoms with Crippen LogP contribution in [0.25, 0.3) is 11.8 Å². The molecule has 0 spiro atoms. The first-order valence-electron chi connectivity index (χ1n) is 9.94. The van der Waals surface area contributed by atoms with E-state index >= 15 is 0 Å². The van der Waals surface area contributed by atoms with Gasteiger partial charge in [0.1, 0.15) is 0 Å². The van der Waals surface area contributed by atoms with Crippen LogP contribution in [0.5, 0.6) is 0 Å². The van der Waals surface area contributed by atoms with Gasteiger partial charge >= 0.3 is 5.97 Å². The van der Waals surface area contributed by atoms with Gasteiger partial charge in [0.15, 0.2) is 0 Å². The summed E-state index contributed by atoms with van der Waals surface area (Å²) in [5, 5.41) is 0.643. The number of allylic oxidation sites excluding steroid dienone is 1. The Labute approximate surface area is 182 Å². The van der Waals surface area contributed by atoms with Crippen LogP contribution < -0.4 is 0 Å². The number of aromatic nitrogens is 1. The Kier molecular flexibility index (Phi) is 6.22. The minimum Gasteiger partial charge on any atom is -0.465 e. The number of carbonyl (C=O) groups is 2. The Morgan fingerprint density at radius 1 is 1.20 bits per heavy atom. The molecule has 5 nitrogen and oxygen atoms in total. The molecule has 1 aromatic carbocycles. The average molecular weight is 427 g/mol. The summed E-state index contributed by atoms with van der Waals surface area (Å²) >= 11 is 6.41. The molecule has 1 aromatic heterocycles. The van der Waals surface area contributed by atoms with Crippen molar-refractivity contribution < 1.29 is 14.3 Å². The van der Waals surface area contributed by atoms with Crippen LogP contribution in [0.1, 0.15) is 37.7 Å². The lowest BCUT2D eigenvalue weighted by atomic mass is 10.0. The van der Waals surface area contributed by atoms with Gasteiger partial charge in [0.05, 0.1) is 29.0 Å². The fourth-order valence-corrected chi connectivity index (χ4v) is 4.13. The quantitative estimate of drug-likeness (QED) is 0.495. The highest BCUT2D eigenvalue weighted by Gasteiger charge is 2.37. The highest BCUT2D eigenvalue weighted by atomic mass is 35.5. The van der Waals surface area contributed by atoms with E-state index in [1.165, 1.54) is 7.11 Å². The van der Waals surface area contributed by atoms with E-state index in [2.05, 4.69) is 4.57 Å². The number of hydrogen-bond donors (Lipinski definition) is 0. The SMILES string of the molecule is COC(=O)C1=C(C)N(CC(C)C)C(=O)/C1=C/c1cc(C)n(-c2ccccc2Cl)c1C. The van der Waals surface area contributed by atoms with E-state index in [-0.39, 0.29) is 11.8 Å². The first-order valence-corrected chi connectivity index (χ1v) is 10.3. The number of benzene rings is 1. The fourth-order valence-electron chi connectivity index (χ4n) is 3.91. The minimum atomic E-state index is -0.502. The lowest BCUT2D eigenvalue weighted by Crippen LogP contribution is -2.28. The summed E-state index contributed by atoms with van der Waals surface area (Å²) in [6, 6.07) is 9.62. The molecular weight excluding hydrogens is 400 g/mol. The molecule has 30 heavy (non-hydrogen) atoms. The van der Waals surface area contributed by atoms with Gasteiger partial charge in [-0.15, -0.1) is 0 Å². The van der Waals surface area contributed by atoms with E-state index < -0.39 is 5.97 Å². The number of amides is 1. The zero-order valence-corrected chi connectivity index (χ0v) is 19.0. The first kappa shape index (κ1) is 21.9. The molecule has 1 aliphatic heterocycles. The predicted octanol–water partition coefficient (Wildman–Crippen LogP) is 5.08. The van der Waals surface area contributed by atoms with Gasteiger partial charge in [-0.3, -0.25) is 4.79 Å². The zero-order valence-electron chi connectivity index (χ0n) is 18.2. The molecule has 6 heteroatoms. The van der Waals surface area contributed by atoms with Gasteiger partial charge in [0.25, 0.3) is 5.91 Å². The number of rotatable bonds is 5. The van der Waals surface area contributed by atoms with Crippen molar-refractivity contribution in [2.24, 2.45) is 5.92 Å². The Bertz CT molecular complexity index is 1080. The van der Waals surface area contributed by atoms with Gasteiger partial charge < -0.3 is 14.2 Å². The van der Waals surface area contributed by atoms with Crippen LogP contribution in [0, 0.1) is 19.8 Å². The number of carbonyl (C=O) groups excluding carboxylic acids is 2. The summed E-state index contributed by atoms with van der Waals surface area (Å²) in [7, 11) is 1.33. The molecule has 0 radical (unpaired) electrons. The summed E-state index contributed by atoms with van der Waals surface area (Å²) in [5.74, 6) is -0.408. The largest absolute Gasteiger partial charge is 0.465 e. The van der Waals surface area contributed by atoms with E-state index in [0.29, 0.717) is 28.4 Å². The fraction of sp³-hybridized carbons (Fsp3) is 0.333. The van der Waals surface area contributed by atoms with Crippen molar-refractivity contribution in [1.29, 1.82) is 0 Å². The Hall–Kier alpha value is -2.79. The molecule has 3 rings (SSSR count). The monoisotopic (exact) mass is 426 g/mol. The molecule has 0 bridgehead atoms. The summed E-state index contributed by atoms with van der Waals surface area (Å²) in [5.41, 5.74) is 4.97. The van der Waals surface area contributed by atoms with Crippen LogP contribution >= 0.6 is 11.6 Å². The number of hydrogen-bond acceptors (Lipinski definition) is 3. The molecule has 1 aliphatic rings. The second-order valence-corrected chi connectivity index (χ2v) is 8.34. The Morgan fingerprint density at radius 2 is 1.87 bits per heavy atom.